The minimum atomic E-state index is 0. The molecule has 0 aromatic heterocycles. The number of ether oxygens (including phenoxy) is 2. The Morgan fingerprint density at radius 3 is 2.82 bits per heavy atom. The first-order valence-corrected chi connectivity index (χ1v) is 10.0. The van der Waals surface area contributed by atoms with E-state index in [0.717, 1.165) is 58.3 Å². The highest BCUT2D eigenvalue weighted by Gasteiger charge is 2.15. The van der Waals surface area contributed by atoms with E-state index in [9.17, 15) is 0 Å². The molecule has 6 heteroatoms. The van der Waals surface area contributed by atoms with Gasteiger partial charge in [0, 0.05) is 32.2 Å². The van der Waals surface area contributed by atoms with Crippen LogP contribution in [-0.4, -0.2) is 45.5 Å². The minimum Gasteiger partial charge on any atom is -0.381 e. The first-order chi connectivity index (χ1) is 13.3. The Kier molecular flexibility index (Phi) is 10.6. The Morgan fingerprint density at radius 2 is 2.04 bits per heavy atom. The fourth-order valence-electron chi connectivity index (χ4n) is 3.20. The topological polar surface area (TPSA) is 54.9 Å². The fraction of sp³-hybridized carbons (Fsp3) is 0.500. The van der Waals surface area contributed by atoms with Gasteiger partial charge in [0.2, 0.25) is 0 Å². The van der Waals surface area contributed by atoms with Gasteiger partial charge in [0.05, 0.1) is 19.8 Å². The Labute approximate surface area is 185 Å². The lowest BCUT2D eigenvalue weighted by molar-refractivity contribution is 0.0888. The molecule has 1 aliphatic rings. The molecule has 1 saturated heterocycles. The van der Waals surface area contributed by atoms with Gasteiger partial charge >= 0.3 is 0 Å². The number of halogens is 1. The summed E-state index contributed by atoms with van der Waals surface area (Å²) in [7, 11) is 0. The highest BCUT2D eigenvalue weighted by atomic mass is 127. The predicted molar refractivity (Wildman–Crippen MR) is 127 cm³/mol. The van der Waals surface area contributed by atoms with Crippen LogP contribution in [0.25, 0.3) is 10.8 Å². The average Bonchev–Trinajstić information content (AvgIpc) is 3.22. The van der Waals surface area contributed by atoms with Crippen molar-refractivity contribution in [1.29, 1.82) is 0 Å². The fourth-order valence-corrected chi connectivity index (χ4v) is 3.20. The molecule has 154 valence electrons. The molecule has 1 aliphatic heterocycles. The minimum absolute atomic E-state index is 0. The van der Waals surface area contributed by atoms with Crippen molar-refractivity contribution in [2.24, 2.45) is 10.9 Å². The van der Waals surface area contributed by atoms with Gasteiger partial charge in [0.15, 0.2) is 5.96 Å². The molecule has 2 aromatic rings. The first-order valence-electron chi connectivity index (χ1n) is 10.0. The average molecular weight is 497 g/mol. The smallest absolute Gasteiger partial charge is 0.191 e. The van der Waals surface area contributed by atoms with Gasteiger partial charge in [-0.05, 0) is 42.2 Å². The molecule has 28 heavy (non-hydrogen) atoms. The van der Waals surface area contributed by atoms with Crippen LogP contribution in [0.5, 0.6) is 0 Å². The highest BCUT2D eigenvalue weighted by molar-refractivity contribution is 14.0. The summed E-state index contributed by atoms with van der Waals surface area (Å²) in [4.78, 5) is 4.71. The quantitative estimate of drug-likeness (QED) is 0.239. The van der Waals surface area contributed by atoms with E-state index in [1.165, 1.54) is 16.3 Å². The maximum absolute atomic E-state index is 5.75. The summed E-state index contributed by atoms with van der Waals surface area (Å²) in [5.41, 5.74) is 1.22. The van der Waals surface area contributed by atoms with Crippen LogP contribution in [0.3, 0.4) is 0 Å². The van der Waals surface area contributed by atoms with Crippen molar-refractivity contribution in [2.45, 2.75) is 26.3 Å². The van der Waals surface area contributed by atoms with E-state index in [1.807, 2.05) is 0 Å². The van der Waals surface area contributed by atoms with Gasteiger partial charge in [-0.25, -0.2) is 4.99 Å². The van der Waals surface area contributed by atoms with E-state index in [-0.39, 0.29) is 24.0 Å². The van der Waals surface area contributed by atoms with Crippen LogP contribution < -0.4 is 10.6 Å². The molecule has 1 atom stereocenters. The molecule has 0 spiro atoms. The summed E-state index contributed by atoms with van der Waals surface area (Å²) in [6.07, 6.45) is 2.10. The Balaban J connectivity index is 0.00000280. The van der Waals surface area contributed by atoms with Crippen LogP contribution in [0.1, 0.15) is 25.3 Å². The molecule has 0 aliphatic carbocycles. The lowest BCUT2D eigenvalue weighted by atomic mass is 10.1. The first kappa shape index (κ1) is 22.9. The molecule has 0 radical (unpaired) electrons. The van der Waals surface area contributed by atoms with Crippen molar-refractivity contribution in [2.75, 3.05) is 39.5 Å². The third kappa shape index (κ3) is 7.56. The third-order valence-corrected chi connectivity index (χ3v) is 4.71. The Hall–Kier alpha value is -1.38. The maximum atomic E-state index is 5.75. The van der Waals surface area contributed by atoms with E-state index >= 15 is 0 Å². The van der Waals surface area contributed by atoms with Crippen molar-refractivity contribution in [3.05, 3.63) is 48.0 Å². The molecular weight excluding hydrogens is 465 g/mol. The molecule has 0 amide bonds. The molecule has 2 aromatic carbocycles. The van der Waals surface area contributed by atoms with Crippen molar-refractivity contribution in [3.63, 3.8) is 0 Å². The van der Waals surface area contributed by atoms with Gasteiger partial charge < -0.3 is 20.1 Å². The maximum Gasteiger partial charge on any atom is 0.191 e. The zero-order valence-electron chi connectivity index (χ0n) is 16.7. The number of guanidine groups is 1. The standard InChI is InChI=1S/C22H31N3O2.HI/c1-2-23-22(24-11-5-12-26-16-19-10-13-27-17-19)25-15-18-8-9-20-6-3-4-7-21(20)14-18;/h3-4,6-9,14,19H,2,5,10-13,15-17H2,1H3,(H2,23,24,25);1H. The Morgan fingerprint density at radius 1 is 1.18 bits per heavy atom. The second-order valence-electron chi connectivity index (χ2n) is 6.96. The van der Waals surface area contributed by atoms with Gasteiger partial charge in [-0.1, -0.05) is 36.4 Å². The number of fused-ring (bicyclic) bond motifs is 1. The van der Waals surface area contributed by atoms with E-state index in [4.69, 9.17) is 14.5 Å². The highest BCUT2D eigenvalue weighted by Crippen LogP contribution is 2.16. The van der Waals surface area contributed by atoms with Gasteiger partial charge in [-0.15, -0.1) is 24.0 Å². The normalized spacial score (nSPS) is 16.8. The number of nitrogens with one attached hydrogen (secondary N) is 2. The van der Waals surface area contributed by atoms with Crippen LogP contribution in [0.2, 0.25) is 0 Å². The third-order valence-electron chi connectivity index (χ3n) is 4.71. The van der Waals surface area contributed by atoms with E-state index in [0.29, 0.717) is 12.5 Å². The Bertz CT molecular complexity index is 733. The van der Waals surface area contributed by atoms with E-state index < -0.39 is 0 Å². The number of rotatable bonds is 9. The van der Waals surface area contributed by atoms with Crippen LogP contribution in [-0.2, 0) is 16.0 Å². The summed E-state index contributed by atoms with van der Waals surface area (Å²) in [5.74, 6) is 1.44. The SMILES string of the molecule is CCNC(=NCc1ccc2ccccc2c1)NCCCOCC1CCOC1.I. The summed E-state index contributed by atoms with van der Waals surface area (Å²) in [6, 6.07) is 14.9. The van der Waals surface area contributed by atoms with Crippen molar-refractivity contribution >= 4 is 40.7 Å². The van der Waals surface area contributed by atoms with Gasteiger partial charge in [0.1, 0.15) is 0 Å². The van der Waals surface area contributed by atoms with Crippen molar-refractivity contribution in [3.8, 4) is 0 Å². The van der Waals surface area contributed by atoms with Crippen LogP contribution in [0.4, 0.5) is 0 Å². The number of aliphatic imine (C=N–C) groups is 1. The van der Waals surface area contributed by atoms with Crippen LogP contribution >= 0.6 is 24.0 Å². The summed E-state index contributed by atoms with van der Waals surface area (Å²) in [5, 5.41) is 9.22. The molecule has 3 rings (SSSR count). The zero-order chi connectivity index (χ0) is 18.7. The van der Waals surface area contributed by atoms with Crippen molar-refractivity contribution in [1.82, 2.24) is 10.6 Å². The van der Waals surface area contributed by atoms with Crippen molar-refractivity contribution < 1.29 is 9.47 Å². The van der Waals surface area contributed by atoms with Crippen LogP contribution in [0.15, 0.2) is 47.5 Å². The number of hydrogen-bond donors (Lipinski definition) is 2. The predicted octanol–water partition coefficient (Wildman–Crippen LogP) is 3.96. The summed E-state index contributed by atoms with van der Waals surface area (Å²) < 4.78 is 11.1. The van der Waals surface area contributed by atoms with Gasteiger partial charge in [-0.3, -0.25) is 0 Å². The number of nitrogens with zero attached hydrogens (tertiary/aromatic N) is 1. The summed E-state index contributed by atoms with van der Waals surface area (Å²) >= 11 is 0. The number of hydrogen-bond acceptors (Lipinski definition) is 3. The van der Waals surface area contributed by atoms with Crippen LogP contribution in [0, 0.1) is 5.92 Å². The summed E-state index contributed by atoms with van der Waals surface area (Å²) in [6.45, 7) is 7.77. The van der Waals surface area contributed by atoms with Gasteiger partial charge in [0.25, 0.3) is 0 Å². The van der Waals surface area contributed by atoms with Gasteiger partial charge in [-0.2, -0.15) is 0 Å². The lowest BCUT2D eigenvalue weighted by Crippen LogP contribution is -2.38. The molecule has 0 saturated carbocycles. The molecule has 2 N–H and O–H groups in total. The molecular formula is C22H32IN3O2. The van der Waals surface area contributed by atoms with E-state index in [1.54, 1.807) is 0 Å². The zero-order valence-corrected chi connectivity index (χ0v) is 19.0. The molecule has 1 heterocycles. The second kappa shape index (κ2) is 13.0. The lowest BCUT2D eigenvalue weighted by Gasteiger charge is -2.12. The molecule has 0 bridgehead atoms. The molecule has 1 unspecified atom stereocenters. The largest absolute Gasteiger partial charge is 0.381 e. The second-order valence-corrected chi connectivity index (χ2v) is 6.96. The number of benzene rings is 2. The van der Waals surface area contributed by atoms with E-state index in [2.05, 4.69) is 60.0 Å². The molecule has 1 fully saturated rings. The molecule has 5 nitrogen and oxygen atoms in total. The monoisotopic (exact) mass is 497 g/mol.